The SMILES string of the molecule is C#CCCOCS. The molecule has 0 aliphatic carbocycles. The molecule has 0 unspecified atom stereocenters. The van der Waals surface area contributed by atoms with Crippen molar-refractivity contribution >= 4 is 12.6 Å². The van der Waals surface area contributed by atoms with Crippen molar-refractivity contribution in [3.05, 3.63) is 0 Å². The van der Waals surface area contributed by atoms with Gasteiger partial charge in [0.1, 0.15) is 0 Å². The van der Waals surface area contributed by atoms with E-state index in [1.54, 1.807) is 0 Å². The number of terminal acetylenes is 1. The molecule has 2 heteroatoms. The molecule has 0 aliphatic heterocycles. The highest BCUT2D eigenvalue weighted by Crippen LogP contribution is 1.80. The third-order valence-electron chi connectivity index (χ3n) is 0.482. The predicted octanol–water partition coefficient (Wildman–Crippen LogP) is 0.914. The smallest absolute Gasteiger partial charge is 0.0892 e. The van der Waals surface area contributed by atoms with E-state index in [0.717, 1.165) is 0 Å². The molecular weight excluding hydrogens is 108 g/mol. The summed E-state index contributed by atoms with van der Waals surface area (Å²) in [6.45, 7) is 0.625. The average Bonchev–Trinajstić information content (AvgIpc) is 1.69. The molecule has 0 saturated carbocycles. The van der Waals surface area contributed by atoms with Crippen LogP contribution in [-0.2, 0) is 4.74 Å². The number of hydrogen-bond donors (Lipinski definition) is 1. The molecule has 0 heterocycles. The van der Waals surface area contributed by atoms with E-state index in [9.17, 15) is 0 Å². The Balaban J connectivity index is 2.60. The minimum atomic E-state index is 0.460. The lowest BCUT2D eigenvalue weighted by atomic mass is 10.5. The summed E-state index contributed by atoms with van der Waals surface area (Å²) in [5, 5.41) is 0. The topological polar surface area (TPSA) is 9.23 Å². The van der Waals surface area contributed by atoms with E-state index in [1.807, 2.05) is 0 Å². The van der Waals surface area contributed by atoms with Gasteiger partial charge >= 0.3 is 0 Å². The van der Waals surface area contributed by atoms with Gasteiger partial charge in [-0.25, -0.2) is 0 Å². The van der Waals surface area contributed by atoms with Crippen molar-refractivity contribution in [3.8, 4) is 12.3 Å². The van der Waals surface area contributed by atoms with Crippen molar-refractivity contribution in [3.63, 3.8) is 0 Å². The van der Waals surface area contributed by atoms with Gasteiger partial charge in [-0.2, -0.15) is 12.6 Å². The normalized spacial score (nSPS) is 8.00. The zero-order valence-corrected chi connectivity index (χ0v) is 4.95. The molecule has 0 spiro atoms. The van der Waals surface area contributed by atoms with Crippen LogP contribution < -0.4 is 0 Å². The van der Waals surface area contributed by atoms with Crippen LogP contribution in [0.4, 0.5) is 0 Å². The second-order valence-corrected chi connectivity index (χ2v) is 1.25. The summed E-state index contributed by atoms with van der Waals surface area (Å²) < 4.78 is 4.80. The van der Waals surface area contributed by atoms with E-state index in [0.29, 0.717) is 19.0 Å². The molecule has 0 amide bonds. The van der Waals surface area contributed by atoms with Gasteiger partial charge in [0.25, 0.3) is 0 Å². The Kier molecular flexibility index (Phi) is 5.76. The summed E-state index contributed by atoms with van der Waals surface area (Å²) in [7, 11) is 0. The predicted molar refractivity (Wildman–Crippen MR) is 33.3 cm³/mol. The third-order valence-corrected chi connectivity index (χ3v) is 0.665. The van der Waals surface area contributed by atoms with Crippen molar-refractivity contribution in [1.29, 1.82) is 0 Å². The van der Waals surface area contributed by atoms with Gasteiger partial charge in [-0.05, 0) is 0 Å². The molecular formula is C5H8OS. The van der Waals surface area contributed by atoms with E-state index in [4.69, 9.17) is 11.2 Å². The van der Waals surface area contributed by atoms with E-state index in [-0.39, 0.29) is 0 Å². The van der Waals surface area contributed by atoms with Gasteiger partial charge in [-0.15, -0.1) is 12.3 Å². The van der Waals surface area contributed by atoms with Gasteiger partial charge in [0, 0.05) is 6.42 Å². The molecule has 0 aromatic carbocycles. The molecule has 40 valence electrons. The van der Waals surface area contributed by atoms with Gasteiger partial charge < -0.3 is 4.74 Å². The van der Waals surface area contributed by atoms with Crippen molar-refractivity contribution < 1.29 is 4.74 Å². The van der Waals surface area contributed by atoms with Crippen molar-refractivity contribution in [2.45, 2.75) is 6.42 Å². The first-order valence-corrected chi connectivity index (χ1v) is 2.67. The minimum Gasteiger partial charge on any atom is -0.370 e. The Morgan fingerprint density at radius 3 is 2.86 bits per heavy atom. The molecule has 7 heavy (non-hydrogen) atoms. The molecule has 0 rings (SSSR count). The Bertz CT molecular complexity index is 65.0. The first kappa shape index (κ1) is 6.87. The van der Waals surface area contributed by atoms with E-state index < -0.39 is 0 Å². The molecule has 0 saturated heterocycles. The monoisotopic (exact) mass is 116 g/mol. The van der Waals surface area contributed by atoms with Crippen LogP contribution in [0, 0.1) is 12.3 Å². The molecule has 0 fully saturated rings. The summed E-state index contributed by atoms with van der Waals surface area (Å²) in [6, 6.07) is 0. The number of ether oxygens (including phenoxy) is 1. The Morgan fingerprint density at radius 2 is 2.43 bits per heavy atom. The van der Waals surface area contributed by atoms with E-state index in [1.165, 1.54) is 0 Å². The minimum absolute atomic E-state index is 0.460. The quantitative estimate of drug-likeness (QED) is 0.249. The molecule has 0 bridgehead atoms. The highest BCUT2D eigenvalue weighted by molar-refractivity contribution is 7.80. The Hall–Kier alpha value is -0.130. The lowest BCUT2D eigenvalue weighted by Gasteiger charge is -1.90. The van der Waals surface area contributed by atoms with E-state index in [2.05, 4.69) is 18.5 Å². The van der Waals surface area contributed by atoms with Crippen LogP contribution in [0.5, 0.6) is 0 Å². The van der Waals surface area contributed by atoms with Crippen LogP contribution >= 0.6 is 12.6 Å². The third kappa shape index (κ3) is 5.87. The van der Waals surface area contributed by atoms with Gasteiger partial charge in [-0.1, -0.05) is 0 Å². The highest BCUT2D eigenvalue weighted by Gasteiger charge is 1.76. The van der Waals surface area contributed by atoms with Gasteiger partial charge in [0.2, 0.25) is 0 Å². The van der Waals surface area contributed by atoms with Crippen LogP contribution in [0.25, 0.3) is 0 Å². The summed E-state index contributed by atoms with van der Waals surface area (Å²) in [4.78, 5) is 0. The standard InChI is InChI=1S/C5H8OS/c1-2-3-4-6-5-7/h1,7H,3-5H2. The number of thiol groups is 1. The Morgan fingerprint density at radius 1 is 1.71 bits per heavy atom. The average molecular weight is 116 g/mol. The van der Waals surface area contributed by atoms with Gasteiger partial charge in [0.15, 0.2) is 0 Å². The van der Waals surface area contributed by atoms with Crippen molar-refractivity contribution in [2.24, 2.45) is 0 Å². The van der Waals surface area contributed by atoms with Gasteiger partial charge in [0.05, 0.1) is 12.5 Å². The molecule has 0 aliphatic rings. The molecule has 0 atom stereocenters. The summed E-state index contributed by atoms with van der Waals surface area (Å²) >= 11 is 3.80. The second kappa shape index (κ2) is 5.87. The van der Waals surface area contributed by atoms with Crippen LogP contribution in [0.1, 0.15) is 6.42 Å². The van der Waals surface area contributed by atoms with Crippen LogP contribution in [0.2, 0.25) is 0 Å². The van der Waals surface area contributed by atoms with Crippen molar-refractivity contribution in [2.75, 3.05) is 12.5 Å². The highest BCUT2D eigenvalue weighted by atomic mass is 32.1. The fourth-order valence-corrected chi connectivity index (χ4v) is 0.325. The maximum atomic E-state index is 4.91. The fourth-order valence-electron chi connectivity index (χ4n) is 0.196. The van der Waals surface area contributed by atoms with E-state index >= 15 is 0 Å². The van der Waals surface area contributed by atoms with Crippen LogP contribution in [0.3, 0.4) is 0 Å². The lowest BCUT2D eigenvalue weighted by molar-refractivity contribution is 0.191. The zero-order valence-electron chi connectivity index (χ0n) is 4.05. The molecule has 1 nitrogen and oxygen atoms in total. The zero-order chi connectivity index (χ0) is 5.54. The second-order valence-electron chi connectivity index (χ2n) is 0.991. The first-order chi connectivity index (χ1) is 3.41. The first-order valence-electron chi connectivity index (χ1n) is 2.04. The lowest BCUT2D eigenvalue weighted by Crippen LogP contribution is -1.88. The molecule has 0 aromatic heterocycles. The maximum absolute atomic E-state index is 4.91. The summed E-state index contributed by atoms with van der Waals surface area (Å²) in [5.74, 6) is 2.90. The van der Waals surface area contributed by atoms with Gasteiger partial charge in [-0.3, -0.25) is 0 Å². The Labute approximate surface area is 49.5 Å². The number of hydrogen-bond acceptors (Lipinski definition) is 2. The largest absolute Gasteiger partial charge is 0.370 e. The molecule has 0 N–H and O–H groups in total. The molecule has 0 radical (unpaired) electrons. The maximum Gasteiger partial charge on any atom is 0.0892 e. The number of rotatable bonds is 3. The summed E-state index contributed by atoms with van der Waals surface area (Å²) in [6.07, 6.45) is 5.60. The van der Waals surface area contributed by atoms with Crippen LogP contribution in [-0.4, -0.2) is 12.5 Å². The van der Waals surface area contributed by atoms with Crippen molar-refractivity contribution in [1.82, 2.24) is 0 Å². The summed E-state index contributed by atoms with van der Waals surface area (Å²) in [5.41, 5.74) is 0. The molecule has 0 aromatic rings. The fraction of sp³-hybridized carbons (Fsp3) is 0.600. The van der Waals surface area contributed by atoms with Crippen LogP contribution in [0.15, 0.2) is 0 Å².